The number of hydrogen-bond acceptors (Lipinski definition) is 66. The quantitative estimate of drug-likeness (QED) is 0.0104. The van der Waals surface area contributed by atoms with Crippen molar-refractivity contribution in [2.45, 2.75) is 228 Å². The van der Waals surface area contributed by atoms with E-state index in [1.807, 2.05) is 0 Å². The number of hydrogen-bond donors (Lipinski definition) is 0. The molecule has 8 rings (SSSR count). The first-order chi connectivity index (χ1) is 58.8. The molecule has 129 heavy (non-hydrogen) atoms. The van der Waals surface area contributed by atoms with Crippen LogP contribution in [0.5, 0.6) is 0 Å². The summed E-state index contributed by atoms with van der Waals surface area (Å²) < 4.78 is 525. The van der Waals surface area contributed by atoms with E-state index in [1.54, 1.807) is 0 Å². The van der Waals surface area contributed by atoms with Gasteiger partial charge in [0.05, 0.1) is 68.4 Å². The van der Waals surface area contributed by atoms with Crippen LogP contribution in [0.15, 0.2) is 0 Å². The monoisotopic (exact) mass is 2120 g/mol. The van der Waals surface area contributed by atoms with Gasteiger partial charge >= 0.3 is 0 Å². The molecule has 7 saturated heterocycles. The van der Waals surface area contributed by atoms with E-state index < -0.39 is 379 Å². The topological polar surface area (TPSA) is 974 Å². The minimum Gasteiger partial charge on any atom is -0.748 e. The number of ether oxygens (including phenoxy) is 13. The van der Waals surface area contributed by atoms with Crippen LogP contribution >= 0.6 is 12.3 Å². The van der Waals surface area contributed by atoms with E-state index in [0.717, 1.165) is 55.4 Å². The van der Waals surface area contributed by atoms with Gasteiger partial charge in [0.15, 0.2) is 56.2 Å². The molecule has 37 atom stereocenters. The van der Waals surface area contributed by atoms with Crippen molar-refractivity contribution in [1.82, 2.24) is 0 Å². The summed E-state index contributed by atoms with van der Waals surface area (Å²) in [7, 11) is -60.7. The molecule has 8 aliphatic rings. The van der Waals surface area contributed by atoms with Gasteiger partial charge < -0.3 is 137 Å². The third-order valence-electron chi connectivity index (χ3n) is 21.1. The summed E-state index contributed by atoms with van der Waals surface area (Å²) >= 11 is -4.10. The fourth-order valence-corrected chi connectivity index (χ4v) is 20.3. The highest BCUT2D eigenvalue weighted by Gasteiger charge is 2.74. The van der Waals surface area contributed by atoms with Gasteiger partial charge in [0.1, 0.15) is 110 Å². The Balaban J connectivity index is 1.10. The average molecular weight is 2120 g/mol. The lowest BCUT2D eigenvalue weighted by Crippen LogP contribution is -2.66. The smallest absolute Gasteiger partial charge is 0.218 e. The highest BCUT2D eigenvalue weighted by molar-refractivity contribution is 7.89. The summed E-state index contributed by atoms with van der Waals surface area (Å²) in [6, 6.07) is 0. The molecule has 19 unspecified atom stereocenters. The van der Waals surface area contributed by atoms with E-state index in [2.05, 4.69) is 52.1 Å². The zero-order valence-electron chi connectivity index (χ0n) is 65.7. The highest BCUT2D eigenvalue weighted by atomic mass is 32.3. The predicted molar refractivity (Wildman–Crippen MR) is 362 cm³/mol. The minimum absolute atomic E-state index is 0.366. The Morgan fingerprint density at radius 3 is 1.07 bits per heavy atom. The van der Waals surface area contributed by atoms with Crippen LogP contribution in [0.2, 0.25) is 0 Å². The maximum Gasteiger partial charge on any atom is 0.218 e. The maximum absolute atomic E-state index is 13.5. The van der Waals surface area contributed by atoms with Gasteiger partial charge in [-0.3, -0.25) is 51.1 Å². The lowest BCUT2D eigenvalue weighted by molar-refractivity contribution is -0.777. The number of carbonyl (C=O) groups excluding carboxylic acids is 2. The molecular formula is C52H72O65S12-14. The van der Waals surface area contributed by atoms with Crippen LogP contribution in [0.1, 0.15) is 62.3 Å². The van der Waals surface area contributed by atoms with Crippen molar-refractivity contribution in [3.05, 3.63) is 0 Å². The Bertz CT molecular complexity index is 5090. The van der Waals surface area contributed by atoms with Gasteiger partial charge in [-0.05, 0) is 25.7 Å². The lowest BCUT2D eigenvalue weighted by Gasteiger charge is -2.52. The average Bonchev–Trinajstić information content (AvgIpc) is 1.52. The number of carboxylic acid groups (broad SMARTS) is 2. The fourth-order valence-electron chi connectivity index (χ4n) is 15.5. The van der Waals surface area contributed by atoms with Crippen molar-refractivity contribution >= 4 is 140 Å². The summed E-state index contributed by atoms with van der Waals surface area (Å²) in [5.74, 6) is -19.7. The van der Waals surface area contributed by atoms with Crippen LogP contribution < -0.4 is 15.5 Å². The molecule has 77 heteroatoms. The van der Waals surface area contributed by atoms with Crippen molar-refractivity contribution in [1.29, 1.82) is 0 Å². The van der Waals surface area contributed by atoms with E-state index in [0.29, 0.717) is 0 Å². The van der Waals surface area contributed by atoms with Gasteiger partial charge in [0, 0.05) is 41.4 Å². The van der Waals surface area contributed by atoms with Gasteiger partial charge in [-0.2, -0.15) is 0 Å². The molecule has 0 amide bonds. The molecular weight excluding hydrogens is 2050 g/mol. The molecule has 1 saturated carbocycles. The van der Waals surface area contributed by atoms with Crippen molar-refractivity contribution in [2.24, 2.45) is 53.3 Å². The normalized spacial score (nSPS) is 39.9. The van der Waals surface area contributed by atoms with E-state index in [-0.39, 0.29) is 12.3 Å². The predicted octanol–water partition coefficient (Wildman–Crippen LogP) is -13.1. The molecule has 0 aromatic rings. The molecule has 7 aliphatic heterocycles. The number of carbonyl (C=O) groups is 2. The number of rotatable bonds is 46. The molecule has 0 N–H and O–H groups in total. The second-order valence-electron chi connectivity index (χ2n) is 29.3. The first-order valence-corrected chi connectivity index (χ1v) is 50.7. The standard InChI is InChI=1S/C52H86O65S12/c1-15-17(3)46(96-24(11-91-120(60,61)62)30(15)100-49-34(109-124(72,73)74)20(6)31(25(97-49)12-92-121(63,64)65)101-50-35(110-125(75,76)77)21(7)32(108-118-116-115-57)26(98-50)13-93-122(66,67)68)102-33-16(2)18(4)47(106-42(33)45(55)56)103-37-23(10-90-117-119(58)59)99-51(43(114-129(87,88)89)41(37)113-128(84,85)86)107-52(9)28-19(5)48(105-39(29(28)52)44(53)54)104-38-27(14-94-123(69,70)71)95-22(8)36(111-126(78,79)80)40(38)112-127(81,82)83/h15-43,46-51,57H,10-14H2,1-9H3,(H,53,54)(H,55,56)(H,58,59)(H,60,61,62)(H,63,64,65)(H,66,67,68)(H,69,70,71)(H,72,73,74)(H,75,76,77)(H,78,79,80)(H,81,82,83)(H,84,85,86)(H,87,88,89)/p-14/t15?,16?,17?,18?,19?,20-,21-,22+,23?,24?,25?,26?,27?,28-,29+,30-,31+,32+,33-,34?,35?,36?,37-,38+,39?,40?,41-,42?,43?,46+,47-,48-,49-,50-,51-,52?/m0/s1. The van der Waals surface area contributed by atoms with Gasteiger partial charge in [-0.25, -0.2) is 93.3 Å². The van der Waals surface area contributed by atoms with Gasteiger partial charge in [0.25, 0.3) is 0 Å². The molecule has 65 nitrogen and oxygen atoms in total. The van der Waals surface area contributed by atoms with Crippen molar-refractivity contribution in [3.63, 3.8) is 0 Å². The Morgan fingerprint density at radius 1 is 0.341 bits per heavy atom. The first kappa shape index (κ1) is 112. The SMILES string of the molecule is CC1C(C)[C@H](O[C@@H]2OC(COS(=O)(=O)[O-])[C@H](O[C@@H]3OC(COS(=O)(=O)[O-])[C@H](OSOO[O-])[C@H](C)C3OS(=O)(=O)[O-])[C@H](C)C2OS(=O)(=O)[O-])C(COS(=O)(=O)[O-])O[C@@H]1O[C@@H]1C(C(=O)[O-])O[C@H](O[C@H]2C(COOS(=O)[O-])O[C@@H](OC3(C)[C@H]4C(C(=O)[O-])O[C@H](O[C@@H]5C(COS(=O)(=O)[O-])O[C@H](C)C(OS(=O)(=O)[O-])C5OS(=O)(=O)[O-])C(C)[C@@H]43)C(OS(=O)(=O)[O-])[C@H]2OS(=O)(=O)[O-])C(C)C1C. The molecule has 0 aromatic carbocycles. The summed E-state index contributed by atoms with van der Waals surface area (Å²) in [5, 5.41) is 40.3. The Kier molecular flexibility index (Phi) is 37.5. The minimum atomic E-state index is -6.49. The Labute approximate surface area is 738 Å². The molecule has 0 aromatic heterocycles. The fraction of sp³-hybridized carbons (Fsp3) is 0.962. The lowest BCUT2D eigenvalue weighted by atomic mass is 9.82. The van der Waals surface area contributed by atoms with E-state index >= 15 is 0 Å². The van der Waals surface area contributed by atoms with Crippen LogP contribution in [-0.4, -0.2) is 349 Å². The molecule has 1 aliphatic carbocycles. The molecule has 7 heterocycles. The van der Waals surface area contributed by atoms with Crippen molar-refractivity contribution in [3.8, 4) is 0 Å². The maximum atomic E-state index is 13.5. The third kappa shape index (κ3) is 31.7. The van der Waals surface area contributed by atoms with Crippen LogP contribution in [0, 0.1) is 53.3 Å². The van der Waals surface area contributed by atoms with E-state index in [4.69, 9.17) is 74.1 Å². The molecule has 756 valence electrons. The molecule has 0 radical (unpaired) electrons. The summed E-state index contributed by atoms with van der Waals surface area (Å²) in [5.41, 5.74) is -2.48. The zero-order valence-corrected chi connectivity index (χ0v) is 75.5. The summed E-state index contributed by atoms with van der Waals surface area (Å²) in [4.78, 5) is 31.2. The zero-order chi connectivity index (χ0) is 97.5. The summed E-state index contributed by atoms with van der Waals surface area (Å²) in [6.07, 6.45) is -64.4. The van der Waals surface area contributed by atoms with Gasteiger partial charge in [0.2, 0.25) is 104 Å². The second kappa shape index (κ2) is 43.4. The highest BCUT2D eigenvalue weighted by Crippen LogP contribution is 2.64. The Hall–Kier alpha value is -2.66. The van der Waals surface area contributed by atoms with Gasteiger partial charge in [-0.15, -0.1) is 8.67 Å². The first-order valence-electron chi connectivity index (χ1n) is 35.7. The number of carboxylic acids is 2. The van der Waals surface area contributed by atoms with Crippen LogP contribution in [0.4, 0.5) is 0 Å². The van der Waals surface area contributed by atoms with E-state index in [9.17, 15) is 164 Å². The largest absolute Gasteiger partial charge is 0.748 e. The Morgan fingerprint density at radius 2 is 0.659 bits per heavy atom. The van der Waals surface area contributed by atoms with Gasteiger partial charge in [-0.1, -0.05) is 48.5 Å². The summed E-state index contributed by atoms with van der Waals surface area (Å²) in [6.45, 7) is 1.19. The van der Waals surface area contributed by atoms with E-state index in [1.165, 1.54) is 6.92 Å². The molecule has 0 bridgehead atoms. The number of aliphatic carboxylic acids is 2. The second-order valence-corrected chi connectivity index (χ2v) is 40.6. The van der Waals surface area contributed by atoms with Crippen molar-refractivity contribution in [2.75, 3.05) is 33.0 Å². The van der Waals surface area contributed by atoms with Crippen molar-refractivity contribution < 1.29 is 290 Å². The third-order valence-corrected chi connectivity index (χ3v) is 26.2. The molecule has 8 fully saturated rings. The van der Waals surface area contributed by atoms with Crippen LogP contribution in [-0.2, 0) is 251 Å². The van der Waals surface area contributed by atoms with Crippen LogP contribution in [0.25, 0.3) is 0 Å². The van der Waals surface area contributed by atoms with Crippen LogP contribution in [0.3, 0.4) is 0 Å². The molecule has 0 spiro atoms. The number of fused-ring (bicyclic) bond motifs is 1.